The lowest BCUT2D eigenvalue weighted by atomic mass is 9.94. The maximum absolute atomic E-state index is 3.75. The Labute approximate surface area is 141 Å². The zero-order valence-electron chi connectivity index (χ0n) is 14.8. The maximum atomic E-state index is 3.75. The van der Waals surface area contributed by atoms with Gasteiger partial charge in [-0.25, -0.2) is 0 Å². The van der Waals surface area contributed by atoms with Crippen LogP contribution < -0.4 is 0 Å². The molecule has 0 aromatic heterocycles. The van der Waals surface area contributed by atoms with Gasteiger partial charge in [0.15, 0.2) is 0 Å². The number of benzene rings is 2. The first kappa shape index (κ1) is 18.7. The Kier molecular flexibility index (Phi) is 7.83. The van der Waals surface area contributed by atoms with Crippen LogP contribution in [0.5, 0.6) is 0 Å². The van der Waals surface area contributed by atoms with Crippen molar-refractivity contribution < 1.29 is 0 Å². The summed E-state index contributed by atoms with van der Waals surface area (Å²) in [4.78, 5) is 0. The van der Waals surface area contributed by atoms with E-state index in [-0.39, 0.29) is 0 Å². The molecular weight excluding hydrogens is 276 g/mol. The second-order valence-corrected chi connectivity index (χ2v) is 5.99. The number of rotatable bonds is 4. The highest BCUT2D eigenvalue weighted by atomic mass is 14.1. The summed E-state index contributed by atoms with van der Waals surface area (Å²) in [5, 5.41) is 0. The third-order valence-electron chi connectivity index (χ3n) is 3.62. The number of hydrogen-bond acceptors (Lipinski definition) is 0. The molecule has 2 aromatic carbocycles. The lowest BCUT2D eigenvalue weighted by molar-refractivity contribution is 0.855. The summed E-state index contributed by atoms with van der Waals surface area (Å²) in [5.41, 5.74) is 6.42. The van der Waals surface area contributed by atoms with Crippen LogP contribution in [0.3, 0.4) is 0 Å². The Morgan fingerprint density at radius 3 is 1.70 bits per heavy atom. The second kappa shape index (κ2) is 9.63. The zero-order chi connectivity index (χ0) is 17.2. The van der Waals surface area contributed by atoms with Crippen molar-refractivity contribution in [3.8, 4) is 0 Å². The third-order valence-corrected chi connectivity index (χ3v) is 3.62. The van der Waals surface area contributed by atoms with Crippen LogP contribution in [0, 0.1) is 19.8 Å². The van der Waals surface area contributed by atoms with Gasteiger partial charge in [-0.15, -0.1) is 0 Å². The van der Waals surface area contributed by atoms with E-state index < -0.39 is 0 Å². The van der Waals surface area contributed by atoms with Crippen molar-refractivity contribution in [2.45, 2.75) is 27.7 Å². The van der Waals surface area contributed by atoms with Crippen molar-refractivity contribution in [3.05, 3.63) is 96.1 Å². The molecule has 0 aliphatic heterocycles. The summed E-state index contributed by atoms with van der Waals surface area (Å²) in [5.74, 6) is 0.538. The fraction of sp³-hybridized carbons (Fsp3) is 0.217. The maximum Gasteiger partial charge on any atom is -0.0213 e. The van der Waals surface area contributed by atoms with Crippen LogP contribution in [0.4, 0.5) is 0 Å². The van der Waals surface area contributed by atoms with Crippen molar-refractivity contribution >= 4 is 11.6 Å². The summed E-state index contributed by atoms with van der Waals surface area (Å²) in [6.07, 6.45) is 5.80. The molecule has 0 fully saturated rings. The molecule has 0 nitrogen and oxygen atoms in total. The van der Waals surface area contributed by atoms with Gasteiger partial charge in [0.25, 0.3) is 0 Å². The van der Waals surface area contributed by atoms with Crippen LogP contribution in [0.25, 0.3) is 11.6 Å². The summed E-state index contributed by atoms with van der Waals surface area (Å²) in [6.45, 7) is 16.0. The minimum atomic E-state index is 0.538. The van der Waals surface area contributed by atoms with E-state index in [1.165, 1.54) is 27.8 Å². The number of allylic oxidation sites excluding steroid dienone is 3. The Balaban J connectivity index is 0.000000253. The minimum Gasteiger partial charge on any atom is -0.0991 e. The zero-order valence-corrected chi connectivity index (χ0v) is 14.8. The van der Waals surface area contributed by atoms with E-state index >= 15 is 0 Å². The van der Waals surface area contributed by atoms with Crippen LogP contribution in [0.2, 0.25) is 0 Å². The number of hydrogen-bond donors (Lipinski definition) is 0. The van der Waals surface area contributed by atoms with Crippen LogP contribution in [0.15, 0.2) is 73.8 Å². The molecule has 0 aliphatic rings. The van der Waals surface area contributed by atoms with Gasteiger partial charge in [0.2, 0.25) is 0 Å². The molecule has 0 N–H and O–H groups in total. The van der Waals surface area contributed by atoms with Gasteiger partial charge in [0.1, 0.15) is 0 Å². The highest BCUT2D eigenvalue weighted by molar-refractivity contribution is 5.68. The van der Waals surface area contributed by atoms with E-state index in [2.05, 4.69) is 95.5 Å². The van der Waals surface area contributed by atoms with Crippen molar-refractivity contribution in [2.75, 3.05) is 0 Å². The molecule has 0 aliphatic carbocycles. The molecule has 0 atom stereocenters. The van der Waals surface area contributed by atoms with E-state index in [4.69, 9.17) is 0 Å². The fourth-order valence-electron chi connectivity index (χ4n) is 2.20. The molecule has 2 rings (SSSR count). The van der Waals surface area contributed by atoms with Crippen LogP contribution in [0.1, 0.15) is 36.1 Å². The summed E-state index contributed by atoms with van der Waals surface area (Å²) in [6, 6.07) is 16.9. The molecule has 0 amide bonds. The second-order valence-electron chi connectivity index (χ2n) is 5.99. The van der Waals surface area contributed by atoms with Crippen molar-refractivity contribution in [2.24, 2.45) is 5.92 Å². The molecule has 0 heteroatoms. The molecule has 0 radical (unpaired) electrons. The lowest BCUT2D eigenvalue weighted by Crippen LogP contribution is -1.93. The molecule has 0 unspecified atom stereocenters. The minimum absolute atomic E-state index is 0.538. The Bertz CT molecular complexity index is 637. The van der Waals surface area contributed by atoms with Gasteiger partial charge in [-0.05, 0) is 36.5 Å². The molecule has 120 valence electrons. The summed E-state index contributed by atoms with van der Waals surface area (Å²) >= 11 is 0. The normalized spacial score (nSPS) is 10.7. The third kappa shape index (κ3) is 6.52. The molecule has 0 spiro atoms. The predicted octanol–water partition coefficient (Wildman–Crippen LogP) is 6.86. The highest BCUT2D eigenvalue weighted by Gasteiger charge is 2.04. The van der Waals surface area contributed by atoms with Gasteiger partial charge < -0.3 is 0 Å². The Morgan fingerprint density at radius 1 is 0.826 bits per heavy atom. The van der Waals surface area contributed by atoms with Crippen molar-refractivity contribution in [1.29, 1.82) is 0 Å². The molecule has 23 heavy (non-hydrogen) atoms. The van der Waals surface area contributed by atoms with Gasteiger partial charge in [0.05, 0.1) is 0 Å². The first-order valence-corrected chi connectivity index (χ1v) is 8.06. The van der Waals surface area contributed by atoms with Gasteiger partial charge in [-0.3, -0.25) is 0 Å². The fourth-order valence-corrected chi connectivity index (χ4v) is 2.20. The van der Waals surface area contributed by atoms with E-state index in [1.54, 1.807) is 0 Å². The lowest BCUT2D eigenvalue weighted by Gasteiger charge is -2.11. The van der Waals surface area contributed by atoms with Gasteiger partial charge in [-0.2, -0.15) is 0 Å². The van der Waals surface area contributed by atoms with E-state index in [0.717, 1.165) is 0 Å². The topological polar surface area (TPSA) is 0 Å². The quantitative estimate of drug-likeness (QED) is 0.541. The largest absolute Gasteiger partial charge is 0.0991 e. The van der Waals surface area contributed by atoms with E-state index in [9.17, 15) is 0 Å². The smallest absolute Gasteiger partial charge is 0.0213 e. The Morgan fingerprint density at radius 2 is 1.30 bits per heavy atom. The van der Waals surface area contributed by atoms with E-state index in [1.807, 2.05) is 12.2 Å². The highest BCUT2D eigenvalue weighted by Crippen LogP contribution is 2.23. The summed E-state index contributed by atoms with van der Waals surface area (Å²) in [7, 11) is 0. The first-order chi connectivity index (χ1) is 11.0. The average molecular weight is 304 g/mol. The molecule has 0 saturated carbocycles. The first-order valence-electron chi connectivity index (χ1n) is 8.06. The Hall–Kier alpha value is -2.34. The molecule has 0 heterocycles. The van der Waals surface area contributed by atoms with Gasteiger partial charge >= 0.3 is 0 Å². The molecular formula is C23H28. The monoisotopic (exact) mass is 304 g/mol. The predicted molar refractivity (Wildman–Crippen MR) is 105 cm³/mol. The van der Waals surface area contributed by atoms with Crippen LogP contribution in [-0.4, -0.2) is 0 Å². The van der Waals surface area contributed by atoms with Crippen LogP contribution >= 0.6 is 0 Å². The summed E-state index contributed by atoms with van der Waals surface area (Å²) < 4.78 is 0. The van der Waals surface area contributed by atoms with E-state index in [0.29, 0.717) is 5.92 Å². The molecule has 0 saturated heterocycles. The standard InChI is InChI=1S/C14H18.C9H10/c1-5-6-14(11(2)3)13-9-7-12(4)8-10-13;1-3-9-6-4-8(2)5-7-9/h5-11H,1H2,2-4H3;3-7H,1H2,2H3/b14-6+;. The SMILES string of the molecule is C=C/C=C(/c1ccc(C)cc1)C(C)C.C=Cc1ccc(C)cc1. The van der Waals surface area contributed by atoms with Crippen LogP contribution in [-0.2, 0) is 0 Å². The van der Waals surface area contributed by atoms with Crippen molar-refractivity contribution in [3.63, 3.8) is 0 Å². The molecule has 2 aromatic rings. The average Bonchev–Trinajstić information content (AvgIpc) is 2.55. The molecule has 0 bridgehead atoms. The van der Waals surface area contributed by atoms with Crippen molar-refractivity contribution in [1.82, 2.24) is 0 Å². The van der Waals surface area contributed by atoms with Gasteiger partial charge in [-0.1, -0.05) is 105 Å². The van der Waals surface area contributed by atoms with Gasteiger partial charge in [0, 0.05) is 0 Å². The number of aryl methyl sites for hydroxylation is 2.